The van der Waals surface area contributed by atoms with Crippen LogP contribution in [0.3, 0.4) is 0 Å². The maximum Gasteiger partial charge on any atom is 0.274 e. The molecular weight excluding hydrogens is 216 g/mol. The van der Waals surface area contributed by atoms with Gasteiger partial charge < -0.3 is 4.90 Å². The molecule has 1 saturated heterocycles. The minimum atomic E-state index is -0.189. The number of benzene rings is 1. The molecule has 0 aliphatic carbocycles. The quantitative estimate of drug-likeness (QED) is 0.802. The number of hydrogen-bond donors (Lipinski definition) is 1. The minimum absolute atomic E-state index is 0.189. The van der Waals surface area contributed by atoms with Crippen LogP contribution in [0.4, 0.5) is 0 Å². The van der Waals surface area contributed by atoms with Gasteiger partial charge in [0, 0.05) is 11.6 Å². The summed E-state index contributed by atoms with van der Waals surface area (Å²) in [6.07, 6.45) is 2.34. The molecule has 0 bridgehead atoms. The third-order valence-electron chi connectivity index (χ3n) is 3.15. The van der Waals surface area contributed by atoms with Gasteiger partial charge in [0.25, 0.3) is 5.91 Å². The fourth-order valence-electron chi connectivity index (χ4n) is 2.04. The Balaban J connectivity index is 1.74. The Morgan fingerprint density at radius 2 is 2.24 bits per heavy atom. The van der Waals surface area contributed by atoms with Crippen molar-refractivity contribution in [1.29, 1.82) is 0 Å². The summed E-state index contributed by atoms with van der Waals surface area (Å²) < 4.78 is 0. The van der Waals surface area contributed by atoms with E-state index in [1.165, 1.54) is 6.42 Å². The highest BCUT2D eigenvalue weighted by Crippen LogP contribution is 2.14. The number of carbonyl (C=O) groups is 1. The molecule has 17 heavy (non-hydrogen) atoms. The predicted molar refractivity (Wildman–Crippen MR) is 65.5 cm³/mol. The lowest BCUT2D eigenvalue weighted by Gasteiger charge is -2.18. The van der Waals surface area contributed by atoms with Gasteiger partial charge in [-0.2, -0.15) is 0 Å². The smallest absolute Gasteiger partial charge is 0.274 e. The number of amides is 1. The Morgan fingerprint density at radius 1 is 1.47 bits per heavy atom. The van der Waals surface area contributed by atoms with Crippen LogP contribution in [0, 0.1) is 0 Å². The van der Waals surface area contributed by atoms with E-state index in [1.807, 2.05) is 18.2 Å². The minimum Gasteiger partial charge on any atom is -0.301 e. The third-order valence-corrected chi connectivity index (χ3v) is 3.15. The van der Waals surface area contributed by atoms with Gasteiger partial charge >= 0.3 is 0 Å². The summed E-state index contributed by atoms with van der Waals surface area (Å²) in [4.78, 5) is 19.2. The van der Waals surface area contributed by atoms with Gasteiger partial charge in [-0.25, -0.2) is 5.48 Å². The van der Waals surface area contributed by atoms with E-state index in [-0.39, 0.29) is 5.91 Å². The van der Waals surface area contributed by atoms with Gasteiger partial charge in [0.1, 0.15) is 0 Å². The number of hydroxylamine groups is 1. The molecule has 1 amide bonds. The molecule has 1 aliphatic rings. The van der Waals surface area contributed by atoms with Crippen LogP contribution in [0.5, 0.6) is 0 Å². The van der Waals surface area contributed by atoms with Crippen LogP contribution >= 0.6 is 0 Å². The van der Waals surface area contributed by atoms with Crippen molar-refractivity contribution >= 4 is 5.91 Å². The van der Waals surface area contributed by atoms with Crippen molar-refractivity contribution in [3.05, 3.63) is 35.9 Å². The number of likely N-dealkylation sites (N-methyl/N-ethyl adjacent to an activating group) is 1. The Hall–Kier alpha value is -1.39. The fourth-order valence-corrected chi connectivity index (χ4v) is 2.04. The van der Waals surface area contributed by atoms with E-state index < -0.39 is 0 Å². The summed E-state index contributed by atoms with van der Waals surface area (Å²) in [5.41, 5.74) is 3.10. The van der Waals surface area contributed by atoms with E-state index in [2.05, 4.69) is 17.4 Å². The summed E-state index contributed by atoms with van der Waals surface area (Å²) in [7, 11) is 2.08. The van der Waals surface area contributed by atoms with Crippen molar-refractivity contribution in [3.8, 4) is 0 Å². The largest absolute Gasteiger partial charge is 0.301 e. The van der Waals surface area contributed by atoms with Gasteiger partial charge in [-0.3, -0.25) is 9.63 Å². The van der Waals surface area contributed by atoms with Crippen molar-refractivity contribution in [2.45, 2.75) is 18.9 Å². The molecule has 1 aromatic rings. The molecule has 0 saturated carbocycles. The zero-order valence-corrected chi connectivity index (χ0v) is 10.1. The highest BCUT2D eigenvalue weighted by atomic mass is 16.7. The van der Waals surface area contributed by atoms with Gasteiger partial charge in [0.2, 0.25) is 0 Å². The highest BCUT2D eigenvalue weighted by molar-refractivity contribution is 5.93. The molecule has 1 atom stereocenters. The van der Waals surface area contributed by atoms with E-state index in [4.69, 9.17) is 4.84 Å². The molecule has 1 N–H and O–H groups in total. The first-order chi connectivity index (χ1) is 8.27. The number of rotatable bonds is 4. The molecule has 1 fully saturated rings. The molecule has 0 aromatic heterocycles. The maximum absolute atomic E-state index is 11.7. The van der Waals surface area contributed by atoms with E-state index in [0.717, 1.165) is 13.0 Å². The lowest BCUT2D eigenvalue weighted by Crippen LogP contribution is -2.34. The second kappa shape index (κ2) is 5.80. The zero-order valence-electron chi connectivity index (χ0n) is 10.1. The van der Waals surface area contributed by atoms with Gasteiger partial charge in [0.15, 0.2) is 0 Å². The average Bonchev–Trinajstić information content (AvgIpc) is 2.76. The van der Waals surface area contributed by atoms with Gasteiger partial charge in [-0.05, 0) is 38.6 Å². The van der Waals surface area contributed by atoms with Gasteiger partial charge in [0.05, 0.1) is 6.61 Å². The number of likely N-dealkylation sites (tertiary alicyclic amines) is 1. The number of carbonyl (C=O) groups excluding carboxylic acids is 1. The van der Waals surface area contributed by atoms with Crippen LogP contribution in [-0.2, 0) is 4.84 Å². The van der Waals surface area contributed by atoms with Crippen molar-refractivity contribution in [2.24, 2.45) is 0 Å². The molecule has 2 rings (SSSR count). The molecule has 1 aliphatic heterocycles. The molecule has 4 heteroatoms. The molecule has 0 unspecified atom stereocenters. The molecule has 92 valence electrons. The number of nitrogens with one attached hydrogen (secondary N) is 1. The van der Waals surface area contributed by atoms with Crippen LogP contribution in [-0.4, -0.2) is 37.0 Å². The lowest BCUT2D eigenvalue weighted by atomic mass is 10.2. The second-order valence-corrected chi connectivity index (χ2v) is 4.38. The highest BCUT2D eigenvalue weighted by Gasteiger charge is 2.21. The van der Waals surface area contributed by atoms with Crippen LogP contribution in [0.25, 0.3) is 0 Å². The van der Waals surface area contributed by atoms with Gasteiger partial charge in [-0.1, -0.05) is 18.2 Å². The van der Waals surface area contributed by atoms with Crippen LogP contribution < -0.4 is 5.48 Å². The summed E-state index contributed by atoms with van der Waals surface area (Å²) in [6, 6.07) is 9.50. The van der Waals surface area contributed by atoms with E-state index >= 15 is 0 Å². The van der Waals surface area contributed by atoms with Crippen molar-refractivity contribution in [3.63, 3.8) is 0 Å². The number of hydrogen-bond acceptors (Lipinski definition) is 3. The Morgan fingerprint density at radius 3 is 2.88 bits per heavy atom. The Labute approximate surface area is 102 Å². The van der Waals surface area contributed by atoms with Crippen molar-refractivity contribution < 1.29 is 9.63 Å². The van der Waals surface area contributed by atoms with Crippen LogP contribution in [0.1, 0.15) is 23.2 Å². The first-order valence-corrected chi connectivity index (χ1v) is 5.95. The normalized spacial score (nSPS) is 20.4. The monoisotopic (exact) mass is 234 g/mol. The lowest BCUT2D eigenvalue weighted by molar-refractivity contribution is 0.0124. The van der Waals surface area contributed by atoms with Crippen LogP contribution in [0.15, 0.2) is 30.3 Å². The molecule has 4 nitrogen and oxygen atoms in total. The molecule has 0 spiro atoms. The molecule has 1 heterocycles. The Kier molecular flexibility index (Phi) is 4.12. The predicted octanol–water partition coefficient (Wildman–Crippen LogP) is 1.44. The molecule has 0 radical (unpaired) electrons. The standard InChI is InChI=1S/C13H18N2O2/c1-15-9-5-8-12(15)10-17-14-13(16)11-6-3-2-4-7-11/h2-4,6-7,12H,5,8-10H2,1H3,(H,14,16)/t12-/m0/s1. The number of nitrogens with zero attached hydrogens (tertiary/aromatic N) is 1. The fraction of sp³-hybridized carbons (Fsp3) is 0.462. The average molecular weight is 234 g/mol. The summed E-state index contributed by atoms with van der Waals surface area (Å²) >= 11 is 0. The summed E-state index contributed by atoms with van der Waals surface area (Å²) in [5.74, 6) is -0.189. The molecular formula is C13H18N2O2. The SMILES string of the molecule is CN1CCC[C@H]1CONC(=O)c1ccccc1. The zero-order chi connectivity index (χ0) is 12.1. The second-order valence-electron chi connectivity index (χ2n) is 4.38. The van der Waals surface area contributed by atoms with Crippen LogP contribution in [0.2, 0.25) is 0 Å². The van der Waals surface area contributed by atoms with E-state index in [9.17, 15) is 4.79 Å². The Bertz CT molecular complexity index is 367. The van der Waals surface area contributed by atoms with E-state index in [1.54, 1.807) is 12.1 Å². The van der Waals surface area contributed by atoms with Crippen molar-refractivity contribution in [2.75, 3.05) is 20.2 Å². The summed E-state index contributed by atoms with van der Waals surface area (Å²) in [6.45, 7) is 1.66. The summed E-state index contributed by atoms with van der Waals surface area (Å²) in [5, 5.41) is 0. The first kappa shape index (κ1) is 12.1. The maximum atomic E-state index is 11.7. The van der Waals surface area contributed by atoms with E-state index in [0.29, 0.717) is 18.2 Å². The first-order valence-electron chi connectivity index (χ1n) is 5.95. The molecule has 1 aromatic carbocycles. The third kappa shape index (κ3) is 3.28. The van der Waals surface area contributed by atoms with Gasteiger partial charge in [-0.15, -0.1) is 0 Å². The topological polar surface area (TPSA) is 41.6 Å². The van der Waals surface area contributed by atoms with Crippen molar-refractivity contribution in [1.82, 2.24) is 10.4 Å².